The molecule has 1 aromatic rings. The lowest BCUT2D eigenvalue weighted by atomic mass is 10.1. The molecule has 1 amide bonds. The summed E-state index contributed by atoms with van der Waals surface area (Å²) in [6.07, 6.45) is -0.721. The summed E-state index contributed by atoms with van der Waals surface area (Å²) in [4.78, 5) is 25.2. The lowest BCUT2D eigenvalue weighted by Crippen LogP contribution is -2.47. The number of carbonyl (C=O) groups excluding carboxylic acids is 1. The minimum atomic E-state index is -1.05. The average molecular weight is 323 g/mol. The van der Waals surface area contributed by atoms with Crippen molar-refractivity contribution in [3.8, 4) is 0 Å². The molecule has 0 saturated carbocycles. The Labute approximate surface area is 137 Å². The largest absolute Gasteiger partial charge is 0.480 e. The molecule has 0 aliphatic heterocycles. The summed E-state index contributed by atoms with van der Waals surface area (Å²) >= 11 is 0. The van der Waals surface area contributed by atoms with E-state index in [1.807, 2.05) is 37.3 Å². The second kappa shape index (κ2) is 9.97. The van der Waals surface area contributed by atoms with E-state index in [4.69, 9.17) is 9.47 Å². The fourth-order valence-corrected chi connectivity index (χ4v) is 2.05. The van der Waals surface area contributed by atoms with Gasteiger partial charge in [0.25, 0.3) is 5.91 Å². The van der Waals surface area contributed by atoms with Crippen molar-refractivity contribution < 1.29 is 24.2 Å². The molecule has 0 aliphatic carbocycles. The number of nitrogens with zero attached hydrogens (tertiary/aromatic N) is 1. The maximum absolute atomic E-state index is 12.6. The summed E-state index contributed by atoms with van der Waals surface area (Å²) in [5, 5.41) is 9.25. The molecule has 0 heterocycles. The highest BCUT2D eigenvalue weighted by Gasteiger charge is 2.29. The lowest BCUT2D eigenvalue weighted by Gasteiger charge is -2.29. The number of hydrogen-bond acceptors (Lipinski definition) is 4. The highest BCUT2D eigenvalue weighted by molar-refractivity contribution is 5.86. The molecular weight excluding hydrogens is 298 g/mol. The predicted molar refractivity (Wildman–Crippen MR) is 86.0 cm³/mol. The van der Waals surface area contributed by atoms with Gasteiger partial charge in [-0.25, -0.2) is 4.79 Å². The Morgan fingerprint density at radius 2 is 1.83 bits per heavy atom. The Balaban J connectivity index is 2.74. The average Bonchev–Trinajstić information content (AvgIpc) is 2.56. The van der Waals surface area contributed by atoms with Gasteiger partial charge in [0.1, 0.15) is 12.1 Å². The van der Waals surface area contributed by atoms with Crippen LogP contribution >= 0.6 is 0 Å². The standard InChI is InChI=1S/C17H25NO5/c1-4-22-10-11-23-14(3)16(19)18(13(2)17(20)21)12-15-8-6-5-7-9-15/h5-9,13-14H,4,10-12H2,1-3H3,(H,20,21). The number of benzene rings is 1. The number of amides is 1. The van der Waals surface area contributed by atoms with E-state index in [1.54, 1.807) is 6.92 Å². The fraction of sp³-hybridized carbons (Fsp3) is 0.529. The molecule has 6 nitrogen and oxygen atoms in total. The first-order valence-corrected chi connectivity index (χ1v) is 7.74. The van der Waals surface area contributed by atoms with Gasteiger partial charge in [0.2, 0.25) is 0 Å². The van der Waals surface area contributed by atoms with Crippen molar-refractivity contribution in [2.45, 2.75) is 39.5 Å². The Kier molecular flexibility index (Phi) is 8.29. The van der Waals surface area contributed by atoms with Crippen molar-refractivity contribution in [2.75, 3.05) is 19.8 Å². The first kappa shape index (κ1) is 19.1. The number of ether oxygens (including phenoxy) is 2. The van der Waals surface area contributed by atoms with E-state index < -0.39 is 18.1 Å². The van der Waals surface area contributed by atoms with Gasteiger partial charge in [-0.2, -0.15) is 0 Å². The van der Waals surface area contributed by atoms with Crippen LogP contribution in [-0.2, 0) is 25.6 Å². The van der Waals surface area contributed by atoms with Gasteiger partial charge in [-0.3, -0.25) is 4.79 Å². The lowest BCUT2D eigenvalue weighted by molar-refractivity contribution is -0.156. The molecule has 0 fully saturated rings. The van der Waals surface area contributed by atoms with Crippen molar-refractivity contribution in [3.05, 3.63) is 35.9 Å². The van der Waals surface area contributed by atoms with E-state index in [2.05, 4.69) is 0 Å². The Morgan fingerprint density at radius 1 is 1.17 bits per heavy atom. The zero-order valence-electron chi connectivity index (χ0n) is 13.9. The van der Waals surface area contributed by atoms with Gasteiger partial charge in [0.15, 0.2) is 0 Å². The molecule has 23 heavy (non-hydrogen) atoms. The van der Waals surface area contributed by atoms with Gasteiger partial charge in [-0.1, -0.05) is 30.3 Å². The van der Waals surface area contributed by atoms with Gasteiger partial charge in [-0.15, -0.1) is 0 Å². The molecule has 1 rings (SSSR count). The van der Waals surface area contributed by atoms with E-state index in [1.165, 1.54) is 11.8 Å². The molecule has 0 aliphatic rings. The van der Waals surface area contributed by atoms with Crippen LogP contribution in [0.15, 0.2) is 30.3 Å². The first-order chi connectivity index (χ1) is 11.0. The third kappa shape index (κ3) is 6.38. The van der Waals surface area contributed by atoms with E-state index in [9.17, 15) is 14.7 Å². The second-order valence-electron chi connectivity index (χ2n) is 5.18. The molecule has 1 aromatic carbocycles. The zero-order chi connectivity index (χ0) is 17.2. The Hall–Kier alpha value is -1.92. The number of hydrogen-bond donors (Lipinski definition) is 1. The predicted octanol–water partition coefficient (Wildman–Crippen LogP) is 1.93. The number of aliphatic carboxylic acids is 1. The Bertz CT molecular complexity index is 491. The third-order valence-corrected chi connectivity index (χ3v) is 3.45. The van der Waals surface area contributed by atoms with E-state index in [-0.39, 0.29) is 12.5 Å². The Morgan fingerprint density at radius 3 is 2.39 bits per heavy atom. The van der Waals surface area contributed by atoms with Crippen LogP contribution in [0.2, 0.25) is 0 Å². The van der Waals surface area contributed by atoms with Crippen LogP contribution in [0.3, 0.4) is 0 Å². The second-order valence-corrected chi connectivity index (χ2v) is 5.18. The molecule has 0 bridgehead atoms. The van der Waals surface area contributed by atoms with Gasteiger partial charge in [-0.05, 0) is 26.3 Å². The number of carboxylic acids is 1. The molecular formula is C17H25NO5. The van der Waals surface area contributed by atoms with Crippen LogP contribution < -0.4 is 0 Å². The summed E-state index contributed by atoms with van der Waals surface area (Å²) in [5.74, 6) is -1.39. The minimum absolute atomic E-state index is 0.228. The molecule has 0 saturated heterocycles. The SMILES string of the molecule is CCOCCOC(C)C(=O)N(Cc1ccccc1)C(C)C(=O)O. The van der Waals surface area contributed by atoms with Crippen LogP contribution in [-0.4, -0.2) is 53.8 Å². The fourth-order valence-electron chi connectivity index (χ4n) is 2.05. The van der Waals surface area contributed by atoms with Gasteiger partial charge in [0.05, 0.1) is 13.2 Å². The van der Waals surface area contributed by atoms with E-state index in [0.717, 1.165) is 5.56 Å². The maximum Gasteiger partial charge on any atom is 0.326 e. The number of rotatable bonds is 10. The van der Waals surface area contributed by atoms with Crippen LogP contribution in [0.1, 0.15) is 26.3 Å². The zero-order valence-corrected chi connectivity index (χ0v) is 13.9. The van der Waals surface area contributed by atoms with Crippen molar-refractivity contribution in [1.29, 1.82) is 0 Å². The smallest absolute Gasteiger partial charge is 0.326 e. The van der Waals surface area contributed by atoms with Gasteiger partial charge in [0, 0.05) is 13.2 Å². The molecule has 0 spiro atoms. The molecule has 6 heteroatoms. The summed E-state index contributed by atoms with van der Waals surface area (Å²) in [6.45, 7) is 6.51. The topological polar surface area (TPSA) is 76.1 Å². The molecule has 128 valence electrons. The molecule has 0 radical (unpaired) electrons. The van der Waals surface area contributed by atoms with Crippen LogP contribution in [0, 0.1) is 0 Å². The summed E-state index contributed by atoms with van der Waals surface area (Å²) in [6, 6.07) is 8.36. The molecule has 0 aromatic heterocycles. The van der Waals surface area contributed by atoms with Gasteiger partial charge < -0.3 is 19.5 Å². The minimum Gasteiger partial charge on any atom is -0.480 e. The van der Waals surface area contributed by atoms with Crippen LogP contribution in [0.25, 0.3) is 0 Å². The van der Waals surface area contributed by atoms with E-state index in [0.29, 0.717) is 19.8 Å². The van der Waals surface area contributed by atoms with Crippen LogP contribution in [0.5, 0.6) is 0 Å². The molecule has 2 unspecified atom stereocenters. The van der Waals surface area contributed by atoms with Gasteiger partial charge >= 0.3 is 5.97 Å². The number of carbonyl (C=O) groups is 2. The molecule has 1 N–H and O–H groups in total. The van der Waals surface area contributed by atoms with Crippen molar-refractivity contribution in [1.82, 2.24) is 4.90 Å². The third-order valence-electron chi connectivity index (χ3n) is 3.45. The van der Waals surface area contributed by atoms with Crippen molar-refractivity contribution >= 4 is 11.9 Å². The first-order valence-electron chi connectivity index (χ1n) is 7.74. The highest BCUT2D eigenvalue weighted by atomic mass is 16.5. The van der Waals surface area contributed by atoms with Crippen molar-refractivity contribution in [3.63, 3.8) is 0 Å². The summed E-state index contributed by atoms with van der Waals surface area (Å²) < 4.78 is 10.6. The highest BCUT2D eigenvalue weighted by Crippen LogP contribution is 2.12. The molecule has 2 atom stereocenters. The monoisotopic (exact) mass is 323 g/mol. The normalized spacial score (nSPS) is 13.3. The number of carboxylic acid groups (broad SMARTS) is 1. The van der Waals surface area contributed by atoms with Crippen molar-refractivity contribution in [2.24, 2.45) is 0 Å². The van der Waals surface area contributed by atoms with E-state index >= 15 is 0 Å². The van der Waals surface area contributed by atoms with Crippen LogP contribution in [0.4, 0.5) is 0 Å². The summed E-state index contributed by atoms with van der Waals surface area (Å²) in [5.41, 5.74) is 0.871. The maximum atomic E-state index is 12.6. The quantitative estimate of drug-likeness (QED) is 0.666. The summed E-state index contributed by atoms with van der Waals surface area (Å²) in [7, 11) is 0.